The number of aliphatic hydroxyl groups excluding tert-OH is 2. The SMILES string of the molecule is O=P([O-])(OCl)OCC(O)CO. The monoisotopic (exact) mass is 205 g/mol. The van der Waals surface area contributed by atoms with Crippen molar-refractivity contribution in [2.75, 3.05) is 13.2 Å². The number of phosphoric acid groups is 1. The Morgan fingerprint density at radius 1 is 1.73 bits per heavy atom. The van der Waals surface area contributed by atoms with Crippen molar-refractivity contribution in [2.45, 2.75) is 6.10 Å². The van der Waals surface area contributed by atoms with Crippen LogP contribution in [0.1, 0.15) is 0 Å². The predicted octanol–water partition coefficient (Wildman–Crippen LogP) is -1.01. The molecule has 0 aliphatic carbocycles. The lowest BCUT2D eigenvalue weighted by Gasteiger charge is -2.19. The quantitative estimate of drug-likeness (QED) is 0.558. The summed E-state index contributed by atoms with van der Waals surface area (Å²) >= 11 is 4.48. The molecule has 0 fully saturated rings. The molecule has 0 rings (SSSR count). The summed E-state index contributed by atoms with van der Waals surface area (Å²) in [6.45, 7) is -1.17. The van der Waals surface area contributed by atoms with E-state index in [1.807, 2.05) is 0 Å². The van der Waals surface area contributed by atoms with Gasteiger partial charge < -0.3 is 19.6 Å². The van der Waals surface area contributed by atoms with E-state index in [2.05, 4.69) is 20.5 Å². The topological polar surface area (TPSA) is 99.1 Å². The number of hydrogen-bond acceptors (Lipinski definition) is 6. The number of hydrogen-bond donors (Lipinski definition) is 2. The molecule has 0 radical (unpaired) electrons. The van der Waals surface area contributed by atoms with E-state index in [-0.39, 0.29) is 0 Å². The van der Waals surface area contributed by atoms with Crippen LogP contribution >= 0.6 is 19.7 Å². The zero-order valence-electron chi connectivity index (χ0n) is 5.34. The van der Waals surface area contributed by atoms with Crippen molar-refractivity contribution in [3.05, 3.63) is 0 Å². The van der Waals surface area contributed by atoms with Gasteiger partial charge in [0.1, 0.15) is 6.10 Å². The van der Waals surface area contributed by atoms with E-state index in [9.17, 15) is 9.46 Å². The first-order valence-corrected chi connectivity index (χ1v) is 4.33. The molecule has 11 heavy (non-hydrogen) atoms. The highest BCUT2D eigenvalue weighted by atomic mass is 35.5. The predicted molar refractivity (Wildman–Crippen MR) is 33.6 cm³/mol. The van der Waals surface area contributed by atoms with Crippen molar-refractivity contribution in [3.8, 4) is 0 Å². The molecule has 0 aromatic rings. The van der Waals surface area contributed by atoms with E-state index in [0.717, 1.165) is 0 Å². The molecule has 8 heteroatoms. The fourth-order valence-electron chi connectivity index (χ4n) is 0.250. The van der Waals surface area contributed by atoms with Gasteiger partial charge in [-0.15, -0.1) is 0 Å². The normalized spacial score (nSPS) is 19.3. The van der Waals surface area contributed by atoms with Crippen LogP contribution in [0.25, 0.3) is 0 Å². The van der Waals surface area contributed by atoms with Gasteiger partial charge in [-0.2, -0.15) is 0 Å². The summed E-state index contributed by atoms with van der Waals surface area (Å²) in [5.41, 5.74) is 0. The third kappa shape index (κ3) is 5.57. The molecule has 0 aromatic carbocycles. The van der Waals surface area contributed by atoms with Crippen LogP contribution in [-0.4, -0.2) is 29.5 Å². The molecular formula is C3H7ClO6P-. The van der Waals surface area contributed by atoms with Crippen molar-refractivity contribution >= 4 is 19.7 Å². The minimum absolute atomic E-state index is 0.579. The summed E-state index contributed by atoms with van der Waals surface area (Å²) in [5.74, 6) is 0. The molecule has 0 heterocycles. The summed E-state index contributed by atoms with van der Waals surface area (Å²) in [5, 5.41) is 16.8. The lowest BCUT2D eigenvalue weighted by atomic mass is 10.4. The standard InChI is InChI=1S/C3H8ClO6P/c4-10-11(7,8)9-2-3(6)1-5/h3,5-6H,1-2H2,(H,7,8)/p-1. The second-order valence-electron chi connectivity index (χ2n) is 1.65. The highest BCUT2D eigenvalue weighted by Crippen LogP contribution is 2.39. The van der Waals surface area contributed by atoms with Gasteiger partial charge in [0.05, 0.1) is 25.1 Å². The summed E-state index contributed by atoms with van der Waals surface area (Å²) in [7, 11) is -4.50. The van der Waals surface area contributed by atoms with E-state index >= 15 is 0 Å². The first-order valence-electron chi connectivity index (χ1n) is 2.56. The first kappa shape index (κ1) is 11.3. The smallest absolute Gasteiger partial charge is 0.284 e. The van der Waals surface area contributed by atoms with Gasteiger partial charge in [0, 0.05) is 0 Å². The molecule has 0 spiro atoms. The van der Waals surface area contributed by atoms with E-state index in [1.165, 1.54) is 0 Å². The maximum atomic E-state index is 10.3. The largest absolute Gasteiger partial charge is 0.755 e. The van der Waals surface area contributed by atoms with Crippen molar-refractivity contribution in [3.63, 3.8) is 0 Å². The fourth-order valence-corrected chi connectivity index (χ4v) is 0.764. The minimum atomic E-state index is -4.50. The summed E-state index contributed by atoms with van der Waals surface area (Å²) < 4.78 is 17.6. The zero-order valence-corrected chi connectivity index (χ0v) is 6.99. The van der Waals surface area contributed by atoms with Gasteiger partial charge in [0.25, 0.3) is 7.82 Å². The fraction of sp³-hybridized carbons (Fsp3) is 1.00. The molecular weight excluding hydrogens is 198 g/mol. The minimum Gasteiger partial charge on any atom is -0.755 e. The Kier molecular flexibility index (Phi) is 5.20. The van der Waals surface area contributed by atoms with Gasteiger partial charge in [-0.25, -0.2) is 4.08 Å². The lowest BCUT2D eigenvalue weighted by molar-refractivity contribution is -0.218. The molecule has 0 aliphatic rings. The molecule has 0 saturated heterocycles. The molecule has 2 atom stereocenters. The van der Waals surface area contributed by atoms with Gasteiger partial charge in [0.2, 0.25) is 0 Å². The van der Waals surface area contributed by atoms with E-state index in [1.54, 1.807) is 0 Å². The van der Waals surface area contributed by atoms with E-state index < -0.39 is 27.1 Å². The Balaban J connectivity index is 3.61. The summed E-state index contributed by atoms with van der Waals surface area (Å²) in [6.07, 6.45) is -1.26. The summed E-state index contributed by atoms with van der Waals surface area (Å²) in [4.78, 5) is 10.3. The van der Waals surface area contributed by atoms with Crippen LogP contribution in [0, 0.1) is 0 Å². The van der Waals surface area contributed by atoms with Crippen LogP contribution in [0.5, 0.6) is 0 Å². The highest BCUT2D eigenvalue weighted by Gasteiger charge is 2.11. The van der Waals surface area contributed by atoms with Crippen LogP contribution < -0.4 is 4.89 Å². The second-order valence-corrected chi connectivity index (χ2v) is 3.35. The van der Waals surface area contributed by atoms with Crippen molar-refractivity contribution in [1.29, 1.82) is 0 Å². The lowest BCUT2D eigenvalue weighted by Crippen LogP contribution is -2.20. The number of aliphatic hydroxyl groups is 2. The molecule has 68 valence electrons. The Bertz CT molecular complexity index is 151. The van der Waals surface area contributed by atoms with Gasteiger partial charge in [-0.3, -0.25) is 4.57 Å². The Morgan fingerprint density at radius 2 is 2.27 bits per heavy atom. The number of phosphoric ester groups is 1. The average Bonchev–Trinajstić information content (AvgIpc) is 2.00. The maximum Gasteiger partial charge on any atom is 0.284 e. The van der Waals surface area contributed by atoms with Gasteiger partial charge in [-0.05, 0) is 0 Å². The number of rotatable bonds is 5. The van der Waals surface area contributed by atoms with Gasteiger partial charge >= 0.3 is 0 Å². The highest BCUT2D eigenvalue weighted by molar-refractivity contribution is 7.46. The molecule has 2 unspecified atom stereocenters. The third-order valence-corrected chi connectivity index (χ3v) is 1.86. The van der Waals surface area contributed by atoms with Crippen molar-refractivity contribution in [2.24, 2.45) is 0 Å². The van der Waals surface area contributed by atoms with Crippen molar-refractivity contribution in [1.82, 2.24) is 0 Å². The number of halogens is 1. The third-order valence-electron chi connectivity index (χ3n) is 0.720. The maximum absolute atomic E-state index is 10.3. The van der Waals surface area contributed by atoms with E-state index in [4.69, 9.17) is 10.2 Å². The zero-order chi connectivity index (χ0) is 8.91. The van der Waals surface area contributed by atoms with Crippen LogP contribution in [0.2, 0.25) is 0 Å². The molecule has 0 aromatic heterocycles. The Morgan fingerprint density at radius 3 is 2.64 bits per heavy atom. The molecule has 0 aliphatic heterocycles. The van der Waals surface area contributed by atoms with Crippen LogP contribution in [0.4, 0.5) is 0 Å². The molecule has 0 bridgehead atoms. The van der Waals surface area contributed by atoms with Crippen LogP contribution in [-0.2, 0) is 13.2 Å². The average molecular weight is 206 g/mol. The van der Waals surface area contributed by atoms with Crippen LogP contribution in [0.15, 0.2) is 0 Å². The van der Waals surface area contributed by atoms with Crippen molar-refractivity contribution < 1.29 is 28.3 Å². The second kappa shape index (κ2) is 5.05. The van der Waals surface area contributed by atoms with Gasteiger partial charge in [-0.1, -0.05) is 0 Å². The first-order chi connectivity index (χ1) is 5.02. The molecule has 0 amide bonds. The Hall–Kier alpha value is 0.320. The van der Waals surface area contributed by atoms with Crippen LogP contribution in [0.3, 0.4) is 0 Å². The molecule has 0 saturated carbocycles. The summed E-state index contributed by atoms with van der Waals surface area (Å²) in [6, 6.07) is 0. The Labute approximate surface area is 68.1 Å². The molecule has 6 nitrogen and oxygen atoms in total. The molecule has 2 N–H and O–H groups in total. The van der Waals surface area contributed by atoms with E-state index in [0.29, 0.717) is 0 Å². The van der Waals surface area contributed by atoms with Gasteiger partial charge in [0.15, 0.2) is 0 Å².